The number of methoxy groups -OCH3 is 1. The van der Waals surface area contributed by atoms with Crippen molar-refractivity contribution in [2.45, 2.75) is 38.1 Å². The quantitative estimate of drug-likeness (QED) is 0.899. The van der Waals surface area contributed by atoms with Crippen LogP contribution in [-0.2, 0) is 11.2 Å². The van der Waals surface area contributed by atoms with Gasteiger partial charge in [0.2, 0.25) is 5.91 Å². The lowest BCUT2D eigenvalue weighted by Crippen LogP contribution is -2.33. The Balaban J connectivity index is 1.78. The highest BCUT2D eigenvalue weighted by Gasteiger charge is 2.18. The summed E-state index contributed by atoms with van der Waals surface area (Å²) in [6, 6.07) is 6.24. The minimum absolute atomic E-state index is 0.101. The number of carbonyl (C=O) groups excluding carboxylic acids is 1. The molecule has 1 aliphatic rings. The number of aromatic nitrogens is 1. The molecular formula is C16H20N2O2. The van der Waals surface area contributed by atoms with E-state index in [-0.39, 0.29) is 5.91 Å². The molecule has 3 rings (SSSR count). The summed E-state index contributed by atoms with van der Waals surface area (Å²) < 4.78 is 5.39. The summed E-state index contributed by atoms with van der Waals surface area (Å²) in [6.45, 7) is 0. The van der Waals surface area contributed by atoms with Crippen LogP contribution in [0.15, 0.2) is 24.4 Å². The molecule has 4 nitrogen and oxygen atoms in total. The van der Waals surface area contributed by atoms with Crippen LogP contribution >= 0.6 is 0 Å². The Hall–Kier alpha value is -1.97. The van der Waals surface area contributed by atoms with Crippen molar-refractivity contribution in [3.8, 4) is 5.75 Å². The minimum atomic E-state index is 0.101. The van der Waals surface area contributed by atoms with Crippen molar-refractivity contribution in [3.05, 3.63) is 30.0 Å². The summed E-state index contributed by atoms with van der Waals surface area (Å²) in [4.78, 5) is 15.3. The van der Waals surface area contributed by atoms with E-state index in [4.69, 9.17) is 4.74 Å². The molecule has 106 valence electrons. The first-order chi connectivity index (χ1) is 9.78. The van der Waals surface area contributed by atoms with Gasteiger partial charge in [0.05, 0.1) is 13.5 Å². The van der Waals surface area contributed by atoms with Crippen molar-refractivity contribution in [2.75, 3.05) is 7.11 Å². The van der Waals surface area contributed by atoms with Gasteiger partial charge in [-0.2, -0.15) is 0 Å². The molecule has 1 amide bonds. The van der Waals surface area contributed by atoms with Gasteiger partial charge in [-0.3, -0.25) is 4.79 Å². The molecule has 1 aliphatic carbocycles. The maximum atomic E-state index is 12.1. The highest BCUT2D eigenvalue weighted by atomic mass is 16.5. The Morgan fingerprint density at radius 2 is 2.20 bits per heavy atom. The van der Waals surface area contributed by atoms with Crippen molar-refractivity contribution < 1.29 is 9.53 Å². The number of fused-ring (bicyclic) bond motifs is 1. The van der Waals surface area contributed by atoms with Crippen LogP contribution in [0.3, 0.4) is 0 Å². The average Bonchev–Trinajstić information content (AvgIpc) is 3.09. The van der Waals surface area contributed by atoms with Crippen LogP contribution in [-0.4, -0.2) is 24.0 Å². The highest BCUT2D eigenvalue weighted by molar-refractivity contribution is 5.93. The molecule has 1 saturated carbocycles. The van der Waals surface area contributed by atoms with Gasteiger partial charge in [-0.1, -0.05) is 18.9 Å². The lowest BCUT2D eigenvalue weighted by molar-refractivity contribution is -0.121. The fourth-order valence-corrected chi connectivity index (χ4v) is 3.05. The first kappa shape index (κ1) is 13.0. The molecule has 0 bridgehead atoms. The molecule has 0 aliphatic heterocycles. The van der Waals surface area contributed by atoms with Gasteiger partial charge in [-0.05, 0) is 30.5 Å². The lowest BCUT2D eigenvalue weighted by atomic mass is 10.1. The topological polar surface area (TPSA) is 54.1 Å². The van der Waals surface area contributed by atoms with Crippen LogP contribution in [0.1, 0.15) is 31.2 Å². The van der Waals surface area contributed by atoms with E-state index in [1.807, 2.05) is 24.4 Å². The highest BCUT2D eigenvalue weighted by Crippen LogP contribution is 2.28. The summed E-state index contributed by atoms with van der Waals surface area (Å²) in [6.07, 6.45) is 6.99. The van der Waals surface area contributed by atoms with E-state index in [2.05, 4.69) is 10.3 Å². The van der Waals surface area contributed by atoms with E-state index in [0.29, 0.717) is 12.5 Å². The maximum absolute atomic E-state index is 12.1. The molecule has 1 heterocycles. The average molecular weight is 272 g/mol. The van der Waals surface area contributed by atoms with Crippen LogP contribution in [0, 0.1) is 0 Å². The fourth-order valence-electron chi connectivity index (χ4n) is 3.05. The standard InChI is InChI=1S/C16H20N2O2/c1-20-14-8-4-7-13-16(14)11(10-17-13)9-15(19)18-12-5-2-3-6-12/h4,7-8,10,12,17H,2-3,5-6,9H2,1H3,(H,18,19). The molecule has 2 aromatic rings. The summed E-state index contributed by atoms with van der Waals surface area (Å²) in [7, 11) is 1.66. The Morgan fingerprint density at radius 1 is 1.40 bits per heavy atom. The number of hydrogen-bond acceptors (Lipinski definition) is 2. The van der Waals surface area contributed by atoms with Crippen LogP contribution in [0.25, 0.3) is 10.9 Å². The van der Waals surface area contributed by atoms with Gasteiger partial charge < -0.3 is 15.0 Å². The zero-order valence-corrected chi connectivity index (χ0v) is 11.7. The number of amides is 1. The zero-order chi connectivity index (χ0) is 13.9. The predicted octanol–water partition coefficient (Wildman–Crippen LogP) is 2.78. The van der Waals surface area contributed by atoms with E-state index in [1.54, 1.807) is 7.11 Å². The van der Waals surface area contributed by atoms with E-state index in [0.717, 1.165) is 35.1 Å². The Kier molecular flexibility index (Phi) is 3.63. The van der Waals surface area contributed by atoms with E-state index < -0.39 is 0 Å². The second kappa shape index (κ2) is 5.57. The number of aromatic amines is 1. The summed E-state index contributed by atoms with van der Waals surface area (Å²) in [5.74, 6) is 0.913. The molecular weight excluding hydrogens is 252 g/mol. The summed E-state index contributed by atoms with van der Waals surface area (Å²) >= 11 is 0. The van der Waals surface area contributed by atoms with Crippen LogP contribution in [0.5, 0.6) is 5.75 Å². The molecule has 0 atom stereocenters. The van der Waals surface area contributed by atoms with Crippen molar-refractivity contribution in [1.82, 2.24) is 10.3 Å². The third-order valence-corrected chi connectivity index (χ3v) is 4.04. The van der Waals surface area contributed by atoms with Crippen molar-refractivity contribution in [3.63, 3.8) is 0 Å². The molecule has 1 aromatic carbocycles. The Morgan fingerprint density at radius 3 is 2.95 bits per heavy atom. The SMILES string of the molecule is COc1cccc2[nH]cc(CC(=O)NC3CCCC3)c12. The van der Waals surface area contributed by atoms with Gasteiger partial charge in [-0.25, -0.2) is 0 Å². The van der Waals surface area contributed by atoms with Crippen LogP contribution in [0.4, 0.5) is 0 Å². The minimum Gasteiger partial charge on any atom is -0.496 e. The van der Waals surface area contributed by atoms with Gasteiger partial charge in [-0.15, -0.1) is 0 Å². The number of ether oxygens (including phenoxy) is 1. The molecule has 4 heteroatoms. The molecule has 2 N–H and O–H groups in total. The molecule has 1 aromatic heterocycles. The number of rotatable bonds is 4. The Labute approximate surface area is 118 Å². The number of carbonyl (C=O) groups is 1. The lowest BCUT2D eigenvalue weighted by Gasteiger charge is -2.11. The third-order valence-electron chi connectivity index (χ3n) is 4.04. The zero-order valence-electron chi connectivity index (χ0n) is 11.7. The van der Waals surface area contributed by atoms with Gasteiger partial charge in [0, 0.05) is 23.1 Å². The third kappa shape index (κ3) is 2.50. The molecule has 20 heavy (non-hydrogen) atoms. The van der Waals surface area contributed by atoms with E-state index in [1.165, 1.54) is 12.8 Å². The number of H-pyrrole nitrogens is 1. The van der Waals surface area contributed by atoms with Crippen molar-refractivity contribution >= 4 is 16.8 Å². The summed E-state index contributed by atoms with van der Waals surface area (Å²) in [5.41, 5.74) is 2.00. The molecule has 0 spiro atoms. The second-order valence-electron chi connectivity index (χ2n) is 5.42. The maximum Gasteiger partial charge on any atom is 0.224 e. The first-order valence-corrected chi connectivity index (χ1v) is 7.20. The Bertz CT molecular complexity index is 612. The van der Waals surface area contributed by atoms with Gasteiger partial charge in [0.1, 0.15) is 5.75 Å². The molecule has 1 fully saturated rings. The normalized spacial score (nSPS) is 15.7. The number of benzene rings is 1. The van der Waals surface area contributed by atoms with Crippen molar-refractivity contribution in [2.24, 2.45) is 0 Å². The van der Waals surface area contributed by atoms with Gasteiger partial charge in [0.25, 0.3) is 0 Å². The molecule has 0 unspecified atom stereocenters. The summed E-state index contributed by atoms with van der Waals surface area (Å²) in [5, 5.41) is 4.14. The monoisotopic (exact) mass is 272 g/mol. The van der Waals surface area contributed by atoms with Gasteiger partial charge in [0.15, 0.2) is 0 Å². The predicted molar refractivity (Wildman–Crippen MR) is 79.0 cm³/mol. The largest absolute Gasteiger partial charge is 0.496 e. The number of nitrogens with one attached hydrogen (secondary N) is 2. The van der Waals surface area contributed by atoms with Crippen molar-refractivity contribution in [1.29, 1.82) is 0 Å². The van der Waals surface area contributed by atoms with Crippen LogP contribution in [0.2, 0.25) is 0 Å². The van der Waals surface area contributed by atoms with E-state index >= 15 is 0 Å². The smallest absolute Gasteiger partial charge is 0.224 e. The van der Waals surface area contributed by atoms with E-state index in [9.17, 15) is 4.79 Å². The fraction of sp³-hybridized carbons (Fsp3) is 0.438. The van der Waals surface area contributed by atoms with Crippen LogP contribution < -0.4 is 10.1 Å². The first-order valence-electron chi connectivity index (χ1n) is 7.20. The van der Waals surface area contributed by atoms with Gasteiger partial charge >= 0.3 is 0 Å². The molecule has 0 saturated heterocycles. The number of hydrogen-bond donors (Lipinski definition) is 2. The molecule has 0 radical (unpaired) electrons. The second-order valence-corrected chi connectivity index (χ2v) is 5.42.